The van der Waals surface area contributed by atoms with Gasteiger partial charge in [0.2, 0.25) is 0 Å². The number of benzene rings is 3. The van der Waals surface area contributed by atoms with Gasteiger partial charge in [-0.3, -0.25) is 14.7 Å². The Kier molecular flexibility index (Phi) is 7.26. The van der Waals surface area contributed by atoms with Crippen LogP contribution in [0.3, 0.4) is 0 Å². The Balaban J connectivity index is 1.14. The summed E-state index contributed by atoms with van der Waals surface area (Å²) in [5.74, 6) is 0.934. The van der Waals surface area contributed by atoms with E-state index in [9.17, 15) is 14.7 Å². The normalized spacial score (nSPS) is 17.4. The molecule has 0 spiro atoms. The smallest absolute Gasteiger partial charge is 0.251 e. The molecule has 1 saturated carbocycles. The Hall–Kier alpha value is -4.17. The minimum Gasteiger partial charge on any atom is -0.490 e. The number of nitrogens with one attached hydrogen (secondary N) is 2. The predicted octanol–water partition coefficient (Wildman–Crippen LogP) is 4.86. The molecular weight excluding hydrogens is 504 g/mol. The van der Waals surface area contributed by atoms with Crippen molar-refractivity contribution in [2.75, 3.05) is 13.1 Å². The van der Waals surface area contributed by atoms with Gasteiger partial charge in [-0.25, -0.2) is 0 Å². The molecule has 3 aromatic carbocycles. The molecule has 1 aliphatic carbocycles. The van der Waals surface area contributed by atoms with Crippen molar-refractivity contribution in [2.24, 2.45) is 5.92 Å². The van der Waals surface area contributed by atoms with Gasteiger partial charge in [-0.15, -0.1) is 0 Å². The van der Waals surface area contributed by atoms with Gasteiger partial charge in [0.15, 0.2) is 0 Å². The molecule has 2 fully saturated rings. The quantitative estimate of drug-likeness (QED) is 0.297. The third-order valence-electron chi connectivity index (χ3n) is 7.91. The van der Waals surface area contributed by atoms with E-state index in [4.69, 9.17) is 4.74 Å². The fourth-order valence-electron chi connectivity index (χ4n) is 5.51. The fraction of sp³-hybridized carbons (Fsp3) is 0.344. The van der Waals surface area contributed by atoms with Crippen LogP contribution in [-0.2, 0) is 4.79 Å². The first-order valence-electron chi connectivity index (χ1n) is 14.0. The van der Waals surface area contributed by atoms with E-state index in [1.807, 2.05) is 60.7 Å². The number of rotatable bonds is 8. The minimum atomic E-state index is -0.970. The number of aliphatic hydroxyl groups is 1. The molecule has 2 heterocycles. The van der Waals surface area contributed by atoms with E-state index >= 15 is 0 Å². The van der Waals surface area contributed by atoms with Crippen molar-refractivity contribution in [1.29, 1.82) is 0 Å². The summed E-state index contributed by atoms with van der Waals surface area (Å²) in [6.07, 6.45) is 2.76. The lowest BCUT2D eigenvalue weighted by Gasteiger charge is -2.32. The zero-order valence-corrected chi connectivity index (χ0v) is 22.5. The summed E-state index contributed by atoms with van der Waals surface area (Å²) in [6.45, 7) is 2.66. The molecule has 3 N–H and O–H groups in total. The van der Waals surface area contributed by atoms with Gasteiger partial charge in [-0.05, 0) is 73.7 Å². The van der Waals surface area contributed by atoms with Crippen LogP contribution in [0.5, 0.6) is 5.75 Å². The highest BCUT2D eigenvalue weighted by atomic mass is 16.5. The largest absolute Gasteiger partial charge is 0.490 e. The average molecular weight is 539 g/mol. The van der Waals surface area contributed by atoms with Crippen molar-refractivity contribution >= 4 is 22.7 Å². The highest BCUT2D eigenvalue weighted by Gasteiger charge is 2.33. The van der Waals surface area contributed by atoms with Gasteiger partial charge >= 0.3 is 0 Å². The topological polar surface area (TPSA) is 108 Å². The molecule has 0 radical (unpaired) electrons. The van der Waals surface area contributed by atoms with Crippen LogP contribution in [0.1, 0.15) is 54.6 Å². The van der Waals surface area contributed by atoms with Gasteiger partial charge in [0.1, 0.15) is 18.0 Å². The molecule has 1 aromatic heterocycles. The van der Waals surface area contributed by atoms with Crippen LogP contribution in [0.25, 0.3) is 22.2 Å². The SMILES string of the molecule is CC(O)C(=O)N1CCC(Oc2ccc(-c3n[nH]c4ccc(C(=O)NC(c5ccccc5)C5CC5)cc34)cc2)CC1. The third kappa shape index (κ3) is 5.58. The van der Waals surface area contributed by atoms with E-state index in [-0.39, 0.29) is 24.0 Å². The molecule has 40 heavy (non-hydrogen) atoms. The number of piperidine rings is 1. The van der Waals surface area contributed by atoms with Crippen molar-refractivity contribution in [3.8, 4) is 17.0 Å². The lowest BCUT2D eigenvalue weighted by atomic mass is 10.0. The second-order valence-corrected chi connectivity index (χ2v) is 10.9. The molecule has 2 aliphatic rings. The van der Waals surface area contributed by atoms with Gasteiger partial charge in [0.25, 0.3) is 11.8 Å². The van der Waals surface area contributed by atoms with Crippen LogP contribution < -0.4 is 10.1 Å². The number of carbonyl (C=O) groups is 2. The van der Waals surface area contributed by atoms with Gasteiger partial charge in [-0.2, -0.15) is 5.10 Å². The summed E-state index contributed by atoms with van der Waals surface area (Å²) >= 11 is 0. The Morgan fingerprint density at radius 1 is 1.00 bits per heavy atom. The number of hydrogen-bond acceptors (Lipinski definition) is 5. The van der Waals surface area contributed by atoms with Crippen LogP contribution in [0.15, 0.2) is 72.8 Å². The Bertz CT molecular complexity index is 1490. The van der Waals surface area contributed by atoms with Crippen molar-refractivity contribution in [1.82, 2.24) is 20.4 Å². The zero-order valence-electron chi connectivity index (χ0n) is 22.5. The Morgan fingerprint density at radius 2 is 1.73 bits per heavy atom. The molecule has 4 aromatic rings. The number of carbonyl (C=O) groups excluding carboxylic acids is 2. The van der Waals surface area contributed by atoms with E-state index in [1.54, 1.807) is 4.90 Å². The fourth-order valence-corrected chi connectivity index (χ4v) is 5.51. The maximum Gasteiger partial charge on any atom is 0.251 e. The van der Waals surface area contributed by atoms with Gasteiger partial charge in [-0.1, -0.05) is 30.3 Å². The lowest BCUT2D eigenvalue weighted by Crippen LogP contribution is -2.45. The molecule has 1 saturated heterocycles. The average Bonchev–Trinajstić information content (AvgIpc) is 3.74. The summed E-state index contributed by atoms with van der Waals surface area (Å²) in [4.78, 5) is 27.0. The van der Waals surface area contributed by atoms with E-state index in [0.717, 1.165) is 59.2 Å². The van der Waals surface area contributed by atoms with E-state index in [1.165, 1.54) is 6.92 Å². The summed E-state index contributed by atoms with van der Waals surface area (Å²) in [6, 6.07) is 23.7. The molecule has 2 unspecified atom stereocenters. The zero-order chi connectivity index (χ0) is 27.6. The molecule has 2 atom stereocenters. The maximum atomic E-state index is 13.3. The molecule has 0 bridgehead atoms. The summed E-state index contributed by atoms with van der Waals surface area (Å²) in [7, 11) is 0. The molecule has 1 aliphatic heterocycles. The van der Waals surface area contributed by atoms with Crippen LogP contribution in [0.2, 0.25) is 0 Å². The standard InChI is InChI=1S/C32H34N4O4/c1-20(37)32(39)36-17-15-26(16-18-36)40-25-12-9-23(10-13-25)30-27-19-24(11-14-28(27)34-35-30)31(38)33-29(22-7-8-22)21-5-3-2-4-6-21/h2-6,9-14,19-20,22,26,29,37H,7-8,15-18H2,1H3,(H,33,38)(H,34,35). The number of aromatic nitrogens is 2. The number of amides is 2. The van der Waals surface area contributed by atoms with Crippen LogP contribution in [0, 0.1) is 5.92 Å². The molecular formula is C32H34N4O4. The molecule has 8 nitrogen and oxygen atoms in total. The predicted molar refractivity (Wildman–Crippen MR) is 153 cm³/mol. The number of ether oxygens (including phenoxy) is 1. The number of H-pyrrole nitrogens is 1. The van der Waals surface area contributed by atoms with Gasteiger partial charge < -0.3 is 20.1 Å². The summed E-state index contributed by atoms with van der Waals surface area (Å²) in [5, 5.41) is 21.3. The first-order chi connectivity index (χ1) is 19.5. The highest BCUT2D eigenvalue weighted by molar-refractivity contribution is 6.01. The van der Waals surface area contributed by atoms with Crippen molar-refractivity contribution in [3.63, 3.8) is 0 Å². The van der Waals surface area contributed by atoms with Crippen molar-refractivity contribution < 1.29 is 19.4 Å². The molecule has 6 rings (SSSR count). The maximum absolute atomic E-state index is 13.3. The first-order valence-corrected chi connectivity index (χ1v) is 14.0. The molecule has 8 heteroatoms. The van der Waals surface area contributed by atoms with E-state index in [2.05, 4.69) is 27.6 Å². The van der Waals surface area contributed by atoms with Gasteiger partial charge in [0.05, 0.1) is 17.3 Å². The summed E-state index contributed by atoms with van der Waals surface area (Å²) < 4.78 is 6.17. The van der Waals surface area contributed by atoms with E-state index in [0.29, 0.717) is 24.6 Å². The van der Waals surface area contributed by atoms with E-state index < -0.39 is 6.10 Å². The van der Waals surface area contributed by atoms with Crippen molar-refractivity contribution in [2.45, 2.75) is 50.9 Å². The van der Waals surface area contributed by atoms with Crippen LogP contribution >= 0.6 is 0 Å². The number of aliphatic hydroxyl groups excluding tert-OH is 1. The Morgan fingerprint density at radius 3 is 2.40 bits per heavy atom. The van der Waals surface area contributed by atoms with Gasteiger partial charge in [0, 0.05) is 42.4 Å². The first kappa shape index (κ1) is 26.1. The Labute approximate surface area is 233 Å². The van der Waals surface area contributed by atoms with Crippen LogP contribution in [-0.4, -0.2) is 57.3 Å². The second kappa shape index (κ2) is 11.1. The number of hydrogen-bond donors (Lipinski definition) is 3. The number of aromatic amines is 1. The number of fused-ring (bicyclic) bond motifs is 1. The third-order valence-corrected chi connectivity index (χ3v) is 7.91. The summed E-state index contributed by atoms with van der Waals surface area (Å²) in [5.41, 5.74) is 4.32. The highest BCUT2D eigenvalue weighted by Crippen LogP contribution is 2.41. The second-order valence-electron chi connectivity index (χ2n) is 10.9. The number of likely N-dealkylation sites (tertiary alicyclic amines) is 1. The van der Waals surface area contributed by atoms with Crippen LogP contribution in [0.4, 0.5) is 0 Å². The lowest BCUT2D eigenvalue weighted by molar-refractivity contribution is -0.141. The monoisotopic (exact) mass is 538 g/mol. The van der Waals surface area contributed by atoms with Crippen molar-refractivity contribution in [3.05, 3.63) is 83.9 Å². The molecule has 206 valence electrons. The molecule has 2 amide bonds. The minimum absolute atomic E-state index is 0.0199. The number of nitrogens with zero attached hydrogens (tertiary/aromatic N) is 2.